The molecule has 0 aliphatic carbocycles. The van der Waals surface area contributed by atoms with Crippen LogP contribution in [0.2, 0.25) is 0 Å². The van der Waals surface area contributed by atoms with Crippen molar-refractivity contribution in [3.05, 3.63) is 35.6 Å². The highest BCUT2D eigenvalue weighted by atomic mass is 32.2. The molecular formula is C17H20N2O5S. The average molecular weight is 364 g/mol. The Kier molecular flexibility index (Phi) is 6.88. The molecule has 0 bridgehead atoms. The Bertz CT molecular complexity index is 771. The molecule has 0 saturated carbocycles. The SMILES string of the molecule is CCCNC(=O)NC(=O)COC(=O)c1oc2ccccc2c1CSC. The Morgan fingerprint density at radius 3 is 2.72 bits per heavy atom. The molecule has 134 valence electrons. The number of ether oxygens (including phenoxy) is 1. The fourth-order valence-corrected chi connectivity index (χ4v) is 2.77. The zero-order chi connectivity index (χ0) is 18.2. The van der Waals surface area contributed by atoms with Gasteiger partial charge in [0.2, 0.25) is 5.76 Å². The lowest BCUT2D eigenvalue weighted by Gasteiger charge is -2.06. The van der Waals surface area contributed by atoms with Crippen LogP contribution in [0.5, 0.6) is 0 Å². The summed E-state index contributed by atoms with van der Waals surface area (Å²) in [5, 5.41) is 5.42. The van der Waals surface area contributed by atoms with Gasteiger partial charge in [0.1, 0.15) is 5.58 Å². The van der Waals surface area contributed by atoms with Crippen molar-refractivity contribution < 1.29 is 23.5 Å². The van der Waals surface area contributed by atoms with Crippen molar-refractivity contribution in [2.24, 2.45) is 0 Å². The molecule has 8 heteroatoms. The fraction of sp³-hybridized carbons (Fsp3) is 0.353. The molecule has 0 aliphatic heterocycles. The zero-order valence-corrected chi connectivity index (χ0v) is 14.9. The lowest BCUT2D eigenvalue weighted by atomic mass is 10.1. The number of fused-ring (bicyclic) bond motifs is 1. The second kappa shape index (κ2) is 9.12. The molecule has 0 aliphatic rings. The monoisotopic (exact) mass is 364 g/mol. The Balaban J connectivity index is 2.01. The lowest BCUT2D eigenvalue weighted by molar-refractivity contribution is -0.123. The first-order valence-corrected chi connectivity index (χ1v) is 9.20. The molecular weight excluding hydrogens is 344 g/mol. The van der Waals surface area contributed by atoms with E-state index in [0.717, 1.165) is 17.4 Å². The number of carbonyl (C=O) groups excluding carboxylic acids is 3. The number of hydrogen-bond donors (Lipinski definition) is 2. The van der Waals surface area contributed by atoms with E-state index >= 15 is 0 Å². The highest BCUT2D eigenvalue weighted by Gasteiger charge is 2.22. The number of urea groups is 1. The molecule has 0 fully saturated rings. The van der Waals surface area contributed by atoms with Crippen LogP contribution < -0.4 is 10.6 Å². The number of furan rings is 1. The number of amides is 3. The van der Waals surface area contributed by atoms with Gasteiger partial charge in [0.15, 0.2) is 6.61 Å². The second-order valence-corrected chi connectivity index (χ2v) is 6.09. The van der Waals surface area contributed by atoms with Crippen LogP contribution in [0.1, 0.15) is 29.5 Å². The molecule has 0 spiro atoms. The van der Waals surface area contributed by atoms with Crippen LogP contribution >= 0.6 is 11.8 Å². The van der Waals surface area contributed by atoms with Crippen molar-refractivity contribution in [3.8, 4) is 0 Å². The molecule has 7 nitrogen and oxygen atoms in total. The van der Waals surface area contributed by atoms with E-state index in [1.807, 2.05) is 31.4 Å². The van der Waals surface area contributed by atoms with Gasteiger partial charge in [0, 0.05) is 23.2 Å². The van der Waals surface area contributed by atoms with Crippen molar-refractivity contribution >= 4 is 40.6 Å². The van der Waals surface area contributed by atoms with Crippen molar-refractivity contribution in [2.75, 3.05) is 19.4 Å². The fourth-order valence-electron chi connectivity index (χ4n) is 2.19. The minimum atomic E-state index is -0.732. The molecule has 1 aromatic heterocycles. The number of thioether (sulfide) groups is 1. The topological polar surface area (TPSA) is 97.6 Å². The van der Waals surface area contributed by atoms with E-state index in [-0.39, 0.29) is 5.76 Å². The number of benzene rings is 1. The molecule has 25 heavy (non-hydrogen) atoms. The predicted octanol–water partition coefficient (Wildman–Crippen LogP) is 2.69. The Hall–Kier alpha value is -2.48. The van der Waals surface area contributed by atoms with Gasteiger partial charge in [-0.1, -0.05) is 25.1 Å². The van der Waals surface area contributed by atoms with Crippen molar-refractivity contribution in [1.82, 2.24) is 10.6 Å². The number of para-hydroxylation sites is 1. The highest BCUT2D eigenvalue weighted by Crippen LogP contribution is 2.29. The van der Waals surface area contributed by atoms with E-state index in [2.05, 4.69) is 10.6 Å². The van der Waals surface area contributed by atoms with Gasteiger partial charge in [-0.05, 0) is 18.7 Å². The maximum atomic E-state index is 12.3. The third kappa shape index (κ3) is 4.99. The summed E-state index contributed by atoms with van der Waals surface area (Å²) in [4.78, 5) is 35.3. The minimum absolute atomic E-state index is 0.0822. The number of rotatable bonds is 7. The van der Waals surface area contributed by atoms with E-state index in [0.29, 0.717) is 17.9 Å². The van der Waals surface area contributed by atoms with Gasteiger partial charge in [-0.2, -0.15) is 11.8 Å². The smallest absolute Gasteiger partial charge is 0.375 e. The van der Waals surface area contributed by atoms with Crippen LogP contribution in [-0.4, -0.2) is 37.3 Å². The van der Waals surface area contributed by atoms with Gasteiger partial charge in [0.05, 0.1) is 0 Å². The maximum Gasteiger partial charge on any atom is 0.375 e. The second-order valence-electron chi connectivity index (χ2n) is 5.22. The van der Waals surface area contributed by atoms with Gasteiger partial charge < -0.3 is 14.5 Å². The number of imide groups is 1. The van der Waals surface area contributed by atoms with E-state index < -0.39 is 24.5 Å². The molecule has 0 atom stereocenters. The molecule has 0 unspecified atom stereocenters. The van der Waals surface area contributed by atoms with Crippen molar-refractivity contribution in [1.29, 1.82) is 0 Å². The summed E-state index contributed by atoms with van der Waals surface area (Å²) in [6.07, 6.45) is 2.67. The first-order chi connectivity index (χ1) is 12.1. The maximum absolute atomic E-state index is 12.3. The lowest BCUT2D eigenvalue weighted by Crippen LogP contribution is -2.41. The molecule has 3 amide bonds. The summed E-state index contributed by atoms with van der Waals surface area (Å²) in [7, 11) is 0. The summed E-state index contributed by atoms with van der Waals surface area (Å²) in [5.74, 6) is -0.778. The van der Waals surface area contributed by atoms with Crippen LogP contribution in [0.4, 0.5) is 4.79 Å². The average Bonchev–Trinajstić information content (AvgIpc) is 2.97. The molecule has 0 radical (unpaired) electrons. The van der Waals surface area contributed by atoms with Gasteiger partial charge in [0.25, 0.3) is 5.91 Å². The van der Waals surface area contributed by atoms with Crippen LogP contribution in [0.3, 0.4) is 0 Å². The summed E-state index contributed by atoms with van der Waals surface area (Å²) in [5.41, 5.74) is 1.32. The highest BCUT2D eigenvalue weighted by molar-refractivity contribution is 7.97. The van der Waals surface area contributed by atoms with E-state index in [9.17, 15) is 14.4 Å². The quantitative estimate of drug-likeness (QED) is 0.733. The molecule has 2 aromatic rings. The van der Waals surface area contributed by atoms with E-state index in [1.54, 1.807) is 17.8 Å². The molecule has 1 heterocycles. The zero-order valence-electron chi connectivity index (χ0n) is 14.1. The summed E-state index contributed by atoms with van der Waals surface area (Å²) in [6.45, 7) is 1.79. The van der Waals surface area contributed by atoms with E-state index in [1.165, 1.54) is 0 Å². The minimum Gasteiger partial charge on any atom is -0.450 e. The van der Waals surface area contributed by atoms with Gasteiger partial charge in [-0.25, -0.2) is 9.59 Å². The largest absolute Gasteiger partial charge is 0.450 e. The number of carbonyl (C=O) groups is 3. The standard InChI is InChI=1S/C17H20N2O5S/c1-3-8-18-17(22)19-14(20)9-23-16(21)15-12(10-25-2)11-6-4-5-7-13(11)24-15/h4-7H,3,8-10H2,1-2H3,(H2,18,19,20,22). The van der Waals surface area contributed by atoms with Gasteiger partial charge in [-0.15, -0.1) is 0 Å². The molecule has 1 aromatic carbocycles. The van der Waals surface area contributed by atoms with Crippen LogP contribution in [0.25, 0.3) is 11.0 Å². The van der Waals surface area contributed by atoms with Gasteiger partial charge in [-0.3, -0.25) is 10.1 Å². The molecule has 2 rings (SSSR count). The normalized spacial score (nSPS) is 10.5. The van der Waals surface area contributed by atoms with Gasteiger partial charge >= 0.3 is 12.0 Å². The predicted molar refractivity (Wildman–Crippen MR) is 95.5 cm³/mol. The van der Waals surface area contributed by atoms with Crippen LogP contribution in [0, 0.1) is 0 Å². The Morgan fingerprint density at radius 1 is 1.24 bits per heavy atom. The summed E-state index contributed by atoms with van der Waals surface area (Å²) < 4.78 is 10.6. The number of esters is 1. The van der Waals surface area contributed by atoms with Crippen molar-refractivity contribution in [2.45, 2.75) is 19.1 Å². The first kappa shape index (κ1) is 18.9. The number of hydrogen-bond acceptors (Lipinski definition) is 6. The van der Waals surface area contributed by atoms with Crippen LogP contribution in [0.15, 0.2) is 28.7 Å². The van der Waals surface area contributed by atoms with Crippen LogP contribution in [-0.2, 0) is 15.3 Å². The summed E-state index contributed by atoms with van der Waals surface area (Å²) in [6, 6.07) is 6.69. The molecule has 2 N–H and O–H groups in total. The third-order valence-corrected chi connectivity index (χ3v) is 3.87. The van der Waals surface area contributed by atoms with Crippen molar-refractivity contribution in [3.63, 3.8) is 0 Å². The molecule has 0 saturated heterocycles. The summed E-state index contributed by atoms with van der Waals surface area (Å²) >= 11 is 1.55. The number of nitrogens with one attached hydrogen (secondary N) is 2. The first-order valence-electron chi connectivity index (χ1n) is 7.81. The Labute approximate surface area is 149 Å². The third-order valence-electron chi connectivity index (χ3n) is 3.30. The Morgan fingerprint density at radius 2 is 2.00 bits per heavy atom. The van der Waals surface area contributed by atoms with E-state index in [4.69, 9.17) is 9.15 Å².